The van der Waals surface area contributed by atoms with Gasteiger partial charge >= 0.3 is 5.97 Å². The van der Waals surface area contributed by atoms with Crippen LogP contribution in [0.3, 0.4) is 0 Å². The van der Waals surface area contributed by atoms with Crippen LogP contribution in [-0.4, -0.2) is 59.8 Å². The highest BCUT2D eigenvalue weighted by Gasteiger charge is 2.26. The van der Waals surface area contributed by atoms with Crippen LogP contribution < -0.4 is 15.5 Å². The second-order valence-electron chi connectivity index (χ2n) is 7.52. The van der Waals surface area contributed by atoms with E-state index >= 15 is 0 Å². The van der Waals surface area contributed by atoms with E-state index in [2.05, 4.69) is 15.5 Å². The number of carbonyl (C=O) groups is 3. The molecule has 3 N–H and O–H groups in total. The third kappa shape index (κ3) is 9.22. The minimum absolute atomic E-state index is 0.0991. The maximum atomic E-state index is 12.7. The number of halogens is 2. The van der Waals surface area contributed by atoms with Crippen LogP contribution in [-0.2, 0) is 20.8 Å². The molecule has 0 spiro atoms. The predicted molar refractivity (Wildman–Crippen MR) is 120 cm³/mol. The Hall–Kier alpha value is -1.99. The van der Waals surface area contributed by atoms with E-state index in [1.807, 2.05) is 38.1 Å². The van der Waals surface area contributed by atoms with Gasteiger partial charge in [0.1, 0.15) is 12.1 Å². The van der Waals surface area contributed by atoms with E-state index in [0.717, 1.165) is 11.3 Å². The number of hydrogen-bond donors (Lipinski definition) is 3. The van der Waals surface area contributed by atoms with Crippen molar-refractivity contribution < 1.29 is 19.5 Å². The molecule has 0 heterocycles. The molecular weight excluding hydrogens is 429 g/mol. The first-order valence-electron chi connectivity index (χ1n) is 9.94. The van der Waals surface area contributed by atoms with Crippen LogP contribution in [0.4, 0.5) is 5.69 Å². The Morgan fingerprint density at radius 3 is 2.00 bits per heavy atom. The van der Waals surface area contributed by atoms with Gasteiger partial charge in [0.15, 0.2) is 0 Å². The molecule has 1 aromatic rings. The van der Waals surface area contributed by atoms with Crippen LogP contribution in [0.2, 0.25) is 0 Å². The number of anilines is 1. The molecule has 0 aromatic heterocycles. The standard InChI is InChI=1S/C21H31Cl2N3O4/c1-14(2)12-19(21(29)30)25-20(28)18(24-15(3)27)13-16-4-6-17(7-5-16)26(10-8-22)11-9-23/h4-7,14,18-19H,8-13H2,1-3H3,(H,24,27)(H,25,28)(H,29,30)/t18-,19-/m1/s1. The monoisotopic (exact) mass is 459 g/mol. The van der Waals surface area contributed by atoms with Gasteiger partial charge in [0.25, 0.3) is 0 Å². The maximum Gasteiger partial charge on any atom is 0.326 e. The van der Waals surface area contributed by atoms with Crippen molar-refractivity contribution in [3.05, 3.63) is 29.8 Å². The van der Waals surface area contributed by atoms with E-state index in [9.17, 15) is 19.5 Å². The van der Waals surface area contributed by atoms with Crippen molar-refractivity contribution in [2.24, 2.45) is 5.92 Å². The Kier molecular flexibility index (Phi) is 11.6. The van der Waals surface area contributed by atoms with Crippen LogP contribution in [0.5, 0.6) is 0 Å². The van der Waals surface area contributed by atoms with E-state index in [-0.39, 0.29) is 18.2 Å². The lowest BCUT2D eigenvalue weighted by Crippen LogP contribution is -2.52. The summed E-state index contributed by atoms with van der Waals surface area (Å²) in [5.41, 5.74) is 1.79. The Balaban J connectivity index is 2.92. The third-order valence-electron chi connectivity index (χ3n) is 4.47. The summed E-state index contributed by atoms with van der Waals surface area (Å²) in [6.45, 7) is 6.41. The molecular formula is C21H31Cl2N3O4. The Bertz CT molecular complexity index is 692. The van der Waals surface area contributed by atoms with Crippen molar-refractivity contribution in [2.45, 2.75) is 45.7 Å². The first kappa shape index (κ1) is 26.0. The highest BCUT2D eigenvalue weighted by Crippen LogP contribution is 2.17. The molecule has 0 radical (unpaired) electrons. The molecule has 0 fully saturated rings. The molecule has 2 amide bonds. The Labute approximate surface area is 188 Å². The minimum atomic E-state index is -1.10. The number of hydrogen-bond acceptors (Lipinski definition) is 4. The van der Waals surface area contributed by atoms with Crippen molar-refractivity contribution >= 4 is 46.7 Å². The lowest BCUT2D eigenvalue weighted by Gasteiger charge is -2.24. The summed E-state index contributed by atoms with van der Waals surface area (Å²) in [7, 11) is 0. The summed E-state index contributed by atoms with van der Waals surface area (Å²) >= 11 is 11.7. The third-order valence-corrected chi connectivity index (χ3v) is 4.80. The summed E-state index contributed by atoms with van der Waals surface area (Å²) in [6.07, 6.45) is 0.546. The van der Waals surface area contributed by atoms with E-state index in [1.54, 1.807) is 0 Å². The molecule has 2 atom stereocenters. The van der Waals surface area contributed by atoms with Crippen LogP contribution in [0.1, 0.15) is 32.8 Å². The second-order valence-corrected chi connectivity index (χ2v) is 8.27. The number of nitrogens with zero attached hydrogens (tertiary/aromatic N) is 1. The van der Waals surface area contributed by atoms with Gasteiger partial charge in [0.05, 0.1) is 0 Å². The molecule has 9 heteroatoms. The smallest absolute Gasteiger partial charge is 0.326 e. The predicted octanol–water partition coefficient (Wildman–Crippen LogP) is 2.63. The van der Waals surface area contributed by atoms with E-state index in [0.29, 0.717) is 31.3 Å². The normalized spacial score (nSPS) is 12.9. The number of carbonyl (C=O) groups excluding carboxylic acids is 2. The van der Waals surface area contributed by atoms with Crippen LogP contribution in [0, 0.1) is 5.92 Å². The molecule has 7 nitrogen and oxygen atoms in total. The Morgan fingerprint density at radius 2 is 1.57 bits per heavy atom. The zero-order valence-corrected chi connectivity index (χ0v) is 19.2. The van der Waals surface area contributed by atoms with Gasteiger partial charge in [-0.25, -0.2) is 4.79 Å². The first-order valence-corrected chi connectivity index (χ1v) is 11.0. The van der Waals surface area contributed by atoms with Crippen molar-refractivity contribution in [2.75, 3.05) is 29.7 Å². The average Bonchev–Trinajstić information content (AvgIpc) is 2.66. The second kappa shape index (κ2) is 13.3. The zero-order chi connectivity index (χ0) is 22.7. The first-order chi connectivity index (χ1) is 14.2. The summed E-state index contributed by atoms with van der Waals surface area (Å²) in [4.78, 5) is 37.8. The van der Waals surface area contributed by atoms with Crippen molar-refractivity contribution in [3.63, 3.8) is 0 Å². The van der Waals surface area contributed by atoms with Crippen molar-refractivity contribution in [1.82, 2.24) is 10.6 Å². The molecule has 168 valence electrons. The summed E-state index contributed by atoms with van der Waals surface area (Å²) in [5, 5.41) is 14.5. The number of carboxylic acids is 1. The quantitative estimate of drug-likeness (QED) is 0.393. The largest absolute Gasteiger partial charge is 0.480 e. The average molecular weight is 460 g/mol. The summed E-state index contributed by atoms with van der Waals surface area (Å²) in [5.74, 6) is -0.926. The van der Waals surface area contributed by atoms with Gasteiger partial charge in [-0.1, -0.05) is 26.0 Å². The number of carboxylic acid groups (broad SMARTS) is 1. The van der Waals surface area contributed by atoms with Crippen LogP contribution in [0.25, 0.3) is 0 Å². The number of amides is 2. The molecule has 0 unspecified atom stereocenters. The topological polar surface area (TPSA) is 98.7 Å². The van der Waals surface area contributed by atoms with Crippen molar-refractivity contribution in [3.8, 4) is 0 Å². The van der Waals surface area contributed by atoms with Gasteiger partial charge in [-0.15, -0.1) is 23.2 Å². The minimum Gasteiger partial charge on any atom is -0.480 e. The maximum absolute atomic E-state index is 12.7. The van der Waals surface area contributed by atoms with Gasteiger partial charge < -0.3 is 20.6 Å². The molecule has 0 saturated carbocycles. The van der Waals surface area contributed by atoms with E-state index < -0.39 is 24.0 Å². The summed E-state index contributed by atoms with van der Waals surface area (Å²) < 4.78 is 0. The van der Waals surface area contributed by atoms with Gasteiger partial charge in [0.2, 0.25) is 11.8 Å². The molecule has 0 saturated heterocycles. The number of aliphatic carboxylic acids is 1. The molecule has 1 rings (SSSR count). The molecule has 0 aliphatic heterocycles. The highest BCUT2D eigenvalue weighted by atomic mass is 35.5. The number of alkyl halides is 2. The fraction of sp³-hybridized carbons (Fsp3) is 0.571. The van der Waals surface area contributed by atoms with Gasteiger partial charge in [-0.3, -0.25) is 9.59 Å². The highest BCUT2D eigenvalue weighted by molar-refractivity contribution is 6.18. The van der Waals surface area contributed by atoms with Gasteiger partial charge in [0, 0.05) is 43.9 Å². The van der Waals surface area contributed by atoms with E-state index in [4.69, 9.17) is 23.2 Å². The molecule has 30 heavy (non-hydrogen) atoms. The van der Waals surface area contributed by atoms with Gasteiger partial charge in [-0.05, 0) is 30.0 Å². The van der Waals surface area contributed by atoms with Gasteiger partial charge in [-0.2, -0.15) is 0 Å². The molecule has 0 bridgehead atoms. The fourth-order valence-electron chi connectivity index (χ4n) is 3.07. The SMILES string of the molecule is CC(=O)N[C@H](Cc1ccc(N(CCCl)CCCl)cc1)C(=O)N[C@H](CC(C)C)C(=O)O. The zero-order valence-electron chi connectivity index (χ0n) is 17.7. The van der Waals surface area contributed by atoms with Crippen LogP contribution in [0.15, 0.2) is 24.3 Å². The Morgan fingerprint density at radius 1 is 1.00 bits per heavy atom. The summed E-state index contributed by atoms with van der Waals surface area (Å²) in [6, 6.07) is 5.69. The molecule has 0 aliphatic rings. The van der Waals surface area contributed by atoms with Crippen LogP contribution >= 0.6 is 23.2 Å². The fourth-order valence-corrected chi connectivity index (χ4v) is 3.48. The number of benzene rings is 1. The van der Waals surface area contributed by atoms with E-state index in [1.165, 1.54) is 6.92 Å². The molecule has 1 aromatic carbocycles. The number of rotatable bonds is 13. The lowest BCUT2D eigenvalue weighted by atomic mass is 10.0. The molecule has 0 aliphatic carbocycles. The lowest BCUT2D eigenvalue weighted by molar-refractivity contribution is -0.142. The van der Waals surface area contributed by atoms with Crippen molar-refractivity contribution in [1.29, 1.82) is 0 Å². The number of nitrogens with one attached hydrogen (secondary N) is 2.